The quantitative estimate of drug-likeness (QED) is 0.366. The second-order valence-corrected chi connectivity index (χ2v) is 4.58. The predicted octanol–water partition coefficient (Wildman–Crippen LogP) is 1.24. The van der Waals surface area contributed by atoms with Crippen LogP contribution in [0.1, 0.15) is 29.9 Å². The van der Waals surface area contributed by atoms with E-state index in [4.69, 9.17) is 10.9 Å². The predicted molar refractivity (Wildman–Crippen MR) is 70.5 cm³/mol. The van der Waals surface area contributed by atoms with Gasteiger partial charge in [-0.3, -0.25) is 4.57 Å². The minimum atomic E-state index is 0.0100. The zero-order valence-corrected chi connectivity index (χ0v) is 10.5. The SMILES string of the molecule is N/C(=N/O)c1cccc(-n2cnc3c2CCCC3)n1. The topological polar surface area (TPSA) is 89.3 Å². The molecule has 98 valence electrons. The molecule has 2 heterocycles. The number of pyridine rings is 1. The number of imidazole rings is 1. The van der Waals surface area contributed by atoms with Crippen molar-refractivity contribution in [2.45, 2.75) is 25.7 Å². The normalized spacial score (nSPS) is 15.3. The first-order valence-electron chi connectivity index (χ1n) is 6.30. The molecule has 6 nitrogen and oxygen atoms in total. The fraction of sp³-hybridized carbons (Fsp3) is 0.308. The van der Waals surface area contributed by atoms with Gasteiger partial charge in [0.2, 0.25) is 0 Å². The molecule has 0 amide bonds. The first kappa shape index (κ1) is 11.7. The monoisotopic (exact) mass is 257 g/mol. The van der Waals surface area contributed by atoms with E-state index in [0.29, 0.717) is 5.69 Å². The lowest BCUT2D eigenvalue weighted by Gasteiger charge is -2.13. The first-order valence-corrected chi connectivity index (χ1v) is 6.30. The first-order chi connectivity index (χ1) is 9.29. The Kier molecular flexibility index (Phi) is 2.91. The van der Waals surface area contributed by atoms with Crippen LogP contribution >= 0.6 is 0 Å². The van der Waals surface area contributed by atoms with Crippen LogP contribution in [0.5, 0.6) is 0 Å². The van der Waals surface area contributed by atoms with Crippen LogP contribution in [0.4, 0.5) is 0 Å². The Morgan fingerprint density at radius 1 is 1.32 bits per heavy atom. The van der Waals surface area contributed by atoms with Crippen LogP contribution in [0.25, 0.3) is 5.82 Å². The largest absolute Gasteiger partial charge is 0.409 e. The molecule has 0 saturated carbocycles. The van der Waals surface area contributed by atoms with E-state index in [2.05, 4.69) is 15.1 Å². The van der Waals surface area contributed by atoms with E-state index < -0.39 is 0 Å². The standard InChI is InChI=1S/C13H15N5O/c14-13(17-19)10-5-3-7-12(16-10)18-8-15-9-4-1-2-6-11(9)18/h3,5,7-8,19H,1-2,4,6H2,(H2,14,17). The zero-order chi connectivity index (χ0) is 13.2. The molecule has 6 heteroatoms. The summed E-state index contributed by atoms with van der Waals surface area (Å²) in [5.74, 6) is 0.760. The molecule has 0 spiro atoms. The molecule has 0 unspecified atom stereocenters. The smallest absolute Gasteiger partial charge is 0.188 e. The summed E-state index contributed by atoms with van der Waals surface area (Å²) >= 11 is 0. The molecule has 3 rings (SSSR count). The molecule has 0 fully saturated rings. The summed E-state index contributed by atoms with van der Waals surface area (Å²) in [6, 6.07) is 5.44. The average Bonchev–Trinajstić information content (AvgIpc) is 2.90. The van der Waals surface area contributed by atoms with Crippen LogP contribution in [0.2, 0.25) is 0 Å². The highest BCUT2D eigenvalue weighted by atomic mass is 16.4. The molecule has 1 aliphatic rings. The van der Waals surface area contributed by atoms with Crippen molar-refractivity contribution in [1.29, 1.82) is 0 Å². The highest BCUT2D eigenvalue weighted by Gasteiger charge is 2.16. The van der Waals surface area contributed by atoms with Crippen molar-refractivity contribution in [2.24, 2.45) is 10.9 Å². The van der Waals surface area contributed by atoms with Gasteiger partial charge in [-0.05, 0) is 37.8 Å². The van der Waals surface area contributed by atoms with Crippen molar-refractivity contribution in [1.82, 2.24) is 14.5 Å². The molecule has 3 N–H and O–H groups in total. The van der Waals surface area contributed by atoms with Gasteiger partial charge in [0.15, 0.2) is 5.84 Å². The number of nitrogens with zero attached hydrogens (tertiary/aromatic N) is 4. The Morgan fingerprint density at radius 3 is 3.00 bits per heavy atom. The number of fused-ring (bicyclic) bond motifs is 1. The van der Waals surface area contributed by atoms with Gasteiger partial charge in [-0.2, -0.15) is 0 Å². The molecule has 0 radical (unpaired) electrons. The third-order valence-electron chi connectivity index (χ3n) is 3.38. The van der Waals surface area contributed by atoms with Crippen LogP contribution in [0.3, 0.4) is 0 Å². The molecule has 2 aromatic heterocycles. The van der Waals surface area contributed by atoms with Crippen molar-refractivity contribution in [3.63, 3.8) is 0 Å². The van der Waals surface area contributed by atoms with Crippen LogP contribution in [0.15, 0.2) is 29.7 Å². The molecular weight excluding hydrogens is 242 g/mol. The fourth-order valence-corrected chi connectivity index (χ4v) is 2.42. The Hall–Kier alpha value is -2.37. The minimum absolute atomic E-state index is 0.0100. The van der Waals surface area contributed by atoms with E-state index in [9.17, 15) is 0 Å². The summed E-state index contributed by atoms with van der Waals surface area (Å²) in [6.45, 7) is 0. The average molecular weight is 257 g/mol. The maximum atomic E-state index is 8.71. The van der Waals surface area contributed by atoms with Crippen LogP contribution < -0.4 is 5.73 Å². The van der Waals surface area contributed by atoms with E-state index >= 15 is 0 Å². The molecular formula is C13H15N5O. The van der Waals surface area contributed by atoms with Gasteiger partial charge < -0.3 is 10.9 Å². The molecule has 19 heavy (non-hydrogen) atoms. The third kappa shape index (κ3) is 2.05. The number of nitrogens with two attached hydrogens (primary N) is 1. The summed E-state index contributed by atoms with van der Waals surface area (Å²) in [7, 11) is 0. The maximum Gasteiger partial charge on any atom is 0.188 e. The molecule has 0 bridgehead atoms. The number of oxime groups is 1. The second kappa shape index (κ2) is 4.72. The van der Waals surface area contributed by atoms with Gasteiger partial charge in [0.05, 0.1) is 5.69 Å². The molecule has 0 saturated heterocycles. The summed E-state index contributed by atoms with van der Waals surface area (Å²) in [5.41, 5.74) is 8.40. The van der Waals surface area contributed by atoms with E-state index in [-0.39, 0.29) is 5.84 Å². The Labute approximate surface area is 110 Å². The van der Waals surface area contributed by atoms with Crippen LogP contribution in [-0.2, 0) is 12.8 Å². The van der Waals surface area contributed by atoms with Gasteiger partial charge in [0, 0.05) is 5.69 Å². The van der Waals surface area contributed by atoms with Gasteiger partial charge >= 0.3 is 0 Å². The Morgan fingerprint density at radius 2 is 2.16 bits per heavy atom. The van der Waals surface area contributed by atoms with Crippen molar-refractivity contribution >= 4 is 5.84 Å². The zero-order valence-electron chi connectivity index (χ0n) is 10.5. The second-order valence-electron chi connectivity index (χ2n) is 4.58. The third-order valence-corrected chi connectivity index (χ3v) is 3.38. The Balaban J connectivity index is 2.05. The lowest BCUT2D eigenvalue weighted by atomic mass is 10.0. The van der Waals surface area contributed by atoms with Gasteiger partial charge in [0.1, 0.15) is 17.8 Å². The summed E-state index contributed by atoms with van der Waals surface area (Å²) in [6.07, 6.45) is 6.22. The Bertz CT molecular complexity index is 632. The highest BCUT2D eigenvalue weighted by molar-refractivity contribution is 5.95. The van der Waals surface area contributed by atoms with Crippen LogP contribution in [-0.4, -0.2) is 25.6 Å². The number of rotatable bonds is 2. The summed E-state index contributed by atoms with van der Waals surface area (Å²) in [4.78, 5) is 8.84. The molecule has 0 atom stereocenters. The van der Waals surface area contributed by atoms with Gasteiger partial charge in [-0.1, -0.05) is 11.2 Å². The van der Waals surface area contributed by atoms with Crippen molar-refractivity contribution in [2.75, 3.05) is 0 Å². The molecule has 2 aromatic rings. The lowest BCUT2D eigenvalue weighted by Crippen LogP contribution is -2.16. The van der Waals surface area contributed by atoms with Gasteiger partial charge in [0.25, 0.3) is 0 Å². The number of aryl methyl sites for hydroxylation is 1. The highest BCUT2D eigenvalue weighted by Crippen LogP contribution is 2.22. The summed E-state index contributed by atoms with van der Waals surface area (Å²) in [5, 5.41) is 11.7. The maximum absolute atomic E-state index is 8.71. The minimum Gasteiger partial charge on any atom is -0.409 e. The molecule has 0 aliphatic heterocycles. The number of hydrogen-bond donors (Lipinski definition) is 2. The van der Waals surface area contributed by atoms with E-state index in [0.717, 1.165) is 24.4 Å². The van der Waals surface area contributed by atoms with Crippen LogP contribution in [0, 0.1) is 0 Å². The molecule has 0 aromatic carbocycles. The lowest BCUT2D eigenvalue weighted by molar-refractivity contribution is 0.318. The summed E-state index contributed by atoms with van der Waals surface area (Å²) < 4.78 is 1.99. The van der Waals surface area contributed by atoms with E-state index in [1.165, 1.54) is 18.5 Å². The van der Waals surface area contributed by atoms with Crippen molar-refractivity contribution in [3.05, 3.63) is 41.6 Å². The number of aromatic nitrogens is 3. The van der Waals surface area contributed by atoms with Crippen molar-refractivity contribution < 1.29 is 5.21 Å². The van der Waals surface area contributed by atoms with Crippen molar-refractivity contribution in [3.8, 4) is 5.82 Å². The molecule has 1 aliphatic carbocycles. The fourth-order valence-electron chi connectivity index (χ4n) is 2.42. The number of hydrogen-bond acceptors (Lipinski definition) is 4. The van der Waals surface area contributed by atoms with E-state index in [1.807, 2.05) is 16.7 Å². The van der Waals surface area contributed by atoms with Gasteiger partial charge in [-0.25, -0.2) is 9.97 Å². The van der Waals surface area contributed by atoms with E-state index in [1.54, 1.807) is 12.4 Å². The number of amidine groups is 1. The van der Waals surface area contributed by atoms with Gasteiger partial charge in [-0.15, -0.1) is 0 Å².